The molecule has 0 spiro atoms. The Morgan fingerprint density at radius 1 is 1.03 bits per heavy atom. The molecule has 1 aromatic heterocycles. The Hall–Kier alpha value is -4.31. The van der Waals surface area contributed by atoms with E-state index in [1.807, 2.05) is 50.5 Å². The number of nitrogens with zero attached hydrogens (tertiary/aromatic N) is 3. The van der Waals surface area contributed by atoms with Crippen molar-refractivity contribution in [3.8, 4) is 11.4 Å². The van der Waals surface area contributed by atoms with Crippen LogP contribution in [0.1, 0.15) is 28.1 Å². The quantitative estimate of drug-likeness (QED) is 0.181. The Morgan fingerprint density at radius 2 is 1.72 bits per heavy atom. The van der Waals surface area contributed by atoms with E-state index in [4.69, 9.17) is 17.0 Å². The van der Waals surface area contributed by atoms with Crippen LogP contribution in [0.15, 0.2) is 48.0 Å². The SMILES string of the molecule is COc1cc([N+](=O)[O-])ccc1-n1c(C)cc(/C=C2\C(=O)NC(=S)N(c3ccc(C)cc3C)C2=O)c1C. The summed E-state index contributed by atoms with van der Waals surface area (Å²) in [4.78, 5) is 38.3. The molecule has 0 bridgehead atoms. The Bertz CT molecular complexity index is 1490. The second-order valence-corrected chi connectivity index (χ2v) is 8.91. The van der Waals surface area contributed by atoms with Gasteiger partial charge in [-0.15, -0.1) is 0 Å². The lowest BCUT2D eigenvalue weighted by molar-refractivity contribution is -0.384. The zero-order chi connectivity index (χ0) is 26.3. The molecule has 3 aromatic rings. The highest BCUT2D eigenvalue weighted by Crippen LogP contribution is 2.33. The standard InChI is InChI=1S/C26H24N4O5S/c1-14-6-8-21(15(2)10-14)29-25(32)20(24(31)27-26(29)36)12-18-11-16(3)28(17(18)4)22-9-7-19(30(33)34)13-23(22)35-5/h6-13H,1-5H3,(H,27,31,36)/b20-12+. The van der Waals surface area contributed by atoms with Gasteiger partial charge in [-0.2, -0.15) is 0 Å². The van der Waals surface area contributed by atoms with Gasteiger partial charge in [0.1, 0.15) is 11.3 Å². The second-order valence-electron chi connectivity index (χ2n) is 8.52. The lowest BCUT2D eigenvalue weighted by Crippen LogP contribution is -2.54. The van der Waals surface area contributed by atoms with Crippen molar-refractivity contribution in [2.24, 2.45) is 0 Å². The summed E-state index contributed by atoms with van der Waals surface area (Å²) in [5.41, 5.74) is 5.09. The Labute approximate surface area is 213 Å². The van der Waals surface area contributed by atoms with Crippen LogP contribution in [0.3, 0.4) is 0 Å². The van der Waals surface area contributed by atoms with Gasteiger partial charge in [-0.1, -0.05) is 17.7 Å². The number of aryl methyl sites for hydroxylation is 3. The maximum Gasteiger partial charge on any atom is 0.273 e. The Morgan fingerprint density at radius 3 is 2.36 bits per heavy atom. The molecule has 1 N–H and O–H groups in total. The van der Waals surface area contributed by atoms with E-state index in [9.17, 15) is 19.7 Å². The van der Waals surface area contributed by atoms with E-state index in [-0.39, 0.29) is 16.4 Å². The third-order valence-electron chi connectivity index (χ3n) is 6.08. The van der Waals surface area contributed by atoms with E-state index in [2.05, 4.69) is 5.32 Å². The van der Waals surface area contributed by atoms with Crippen molar-refractivity contribution in [2.75, 3.05) is 12.0 Å². The molecular weight excluding hydrogens is 480 g/mol. The molecule has 1 aliphatic heterocycles. The van der Waals surface area contributed by atoms with Crippen molar-refractivity contribution >= 4 is 46.6 Å². The maximum atomic E-state index is 13.5. The van der Waals surface area contributed by atoms with Gasteiger partial charge in [0.2, 0.25) is 0 Å². The molecule has 1 fully saturated rings. The summed E-state index contributed by atoms with van der Waals surface area (Å²) >= 11 is 5.32. The number of hydrogen-bond acceptors (Lipinski definition) is 6. The van der Waals surface area contributed by atoms with E-state index in [1.54, 1.807) is 12.1 Å². The number of nitro groups is 1. The number of thiocarbonyl (C=S) groups is 1. The number of rotatable bonds is 5. The third-order valence-corrected chi connectivity index (χ3v) is 6.36. The number of anilines is 1. The van der Waals surface area contributed by atoms with Crippen LogP contribution in [0.25, 0.3) is 11.8 Å². The van der Waals surface area contributed by atoms with Gasteiger partial charge < -0.3 is 9.30 Å². The highest BCUT2D eigenvalue weighted by Gasteiger charge is 2.35. The second kappa shape index (κ2) is 9.38. The fourth-order valence-corrected chi connectivity index (χ4v) is 4.63. The van der Waals surface area contributed by atoms with Gasteiger partial charge in [0, 0.05) is 17.5 Å². The van der Waals surface area contributed by atoms with Crippen molar-refractivity contribution in [3.05, 3.63) is 86.2 Å². The molecule has 2 heterocycles. The minimum absolute atomic E-state index is 0.0233. The zero-order valence-electron chi connectivity index (χ0n) is 20.4. The smallest absolute Gasteiger partial charge is 0.273 e. The summed E-state index contributed by atoms with van der Waals surface area (Å²) < 4.78 is 7.26. The molecule has 0 unspecified atom stereocenters. The first kappa shape index (κ1) is 24.8. The number of ether oxygens (including phenoxy) is 1. The highest BCUT2D eigenvalue weighted by molar-refractivity contribution is 7.80. The van der Waals surface area contributed by atoms with E-state index in [1.165, 1.54) is 30.2 Å². The average molecular weight is 505 g/mol. The number of carbonyl (C=O) groups is 2. The monoisotopic (exact) mass is 504 g/mol. The van der Waals surface area contributed by atoms with Gasteiger partial charge in [0.15, 0.2) is 5.11 Å². The summed E-state index contributed by atoms with van der Waals surface area (Å²) in [7, 11) is 1.44. The molecule has 4 rings (SSSR count). The van der Waals surface area contributed by atoms with Crippen LogP contribution >= 0.6 is 12.2 Å². The minimum Gasteiger partial charge on any atom is -0.494 e. The van der Waals surface area contributed by atoms with Crippen LogP contribution in [0.5, 0.6) is 5.75 Å². The molecule has 9 nitrogen and oxygen atoms in total. The van der Waals surface area contributed by atoms with Gasteiger partial charge >= 0.3 is 0 Å². The highest BCUT2D eigenvalue weighted by atomic mass is 32.1. The van der Waals surface area contributed by atoms with E-state index >= 15 is 0 Å². The van der Waals surface area contributed by atoms with Gasteiger partial charge in [-0.3, -0.25) is 29.9 Å². The van der Waals surface area contributed by atoms with Gasteiger partial charge in [-0.05, 0) is 75.3 Å². The lowest BCUT2D eigenvalue weighted by atomic mass is 10.0. The number of methoxy groups -OCH3 is 1. The summed E-state index contributed by atoms with van der Waals surface area (Å²) in [6.07, 6.45) is 1.53. The first-order valence-corrected chi connectivity index (χ1v) is 11.4. The molecule has 36 heavy (non-hydrogen) atoms. The van der Waals surface area contributed by atoms with Crippen LogP contribution in [-0.4, -0.2) is 33.5 Å². The molecule has 1 saturated heterocycles. The molecule has 0 aliphatic carbocycles. The predicted octanol–water partition coefficient (Wildman–Crippen LogP) is 4.46. The summed E-state index contributed by atoms with van der Waals surface area (Å²) in [5, 5.41) is 13.8. The molecule has 0 saturated carbocycles. The normalized spacial score (nSPS) is 14.9. The van der Waals surface area contributed by atoms with Crippen molar-refractivity contribution in [1.29, 1.82) is 0 Å². The fraction of sp³-hybridized carbons (Fsp3) is 0.192. The van der Waals surface area contributed by atoms with Crippen molar-refractivity contribution in [1.82, 2.24) is 9.88 Å². The largest absolute Gasteiger partial charge is 0.494 e. The molecule has 0 radical (unpaired) electrons. The van der Waals surface area contributed by atoms with E-state index in [0.29, 0.717) is 22.7 Å². The fourth-order valence-electron chi connectivity index (χ4n) is 4.36. The lowest BCUT2D eigenvalue weighted by Gasteiger charge is -2.30. The number of benzene rings is 2. The number of hydrogen-bond donors (Lipinski definition) is 1. The molecule has 2 amide bonds. The van der Waals surface area contributed by atoms with Crippen molar-refractivity contribution in [2.45, 2.75) is 27.7 Å². The molecule has 10 heteroatoms. The van der Waals surface area contributed by atoms with Gasteiger partial charge in [0.25, 0.3) is 17.5 Å². The summed E-state index contributed by atoms with van der Waals surface area (Å²) in [5.74, 6) is -0.778. The number of aromatic nitrogens is 1. The topological polar surface area (TPSA) is 107 Å². The predicted molar refractivity (Wildman–Crippen MR) is 141 cm³/mol. The molecule has 1 aliphatic rings. The third kappa shape index (κ3) is 4.27. The van der Waals surface area contributed by atoms with Crippen LogP contribution < -0.4 is 15.0 Å². The zero-order valence-corrected chi connectivity index (χ0v) is 21.2. The van der Waals surface area contributed by atoms with Gasteiger partial charge in [-0.25, -0.2) is 0 Å². The van der Waals surface area contributed by atoms with Crippen LogP contribution in [0, 0.1) is 37.8 Å². The molecule has 2 aromatic carbocycles. The number of amides is 2. The molecule has 0 atom stereocenters. The maximum absolute atomic E-state index is 13.5. The van der Waals surface area contributed by atoms with Crippen LogP contribution in [0.4, 0.5) is 11.4 Å². The summed E-state index contributed by atoms with van der Waals surface area (Å²) in [6, 6.07) is 11.8. The van der Waals surface area contributed by atoms with Crippen LogP contribution in [0.2, 0.25) is 0 Å². The average Bonchev–Trinajstić information content (AvgIpc) is 3.09. The van der Waals surface area contributed by atoms with Crippen molar-refractivity contribution < 1.29 is 19.2 Å². The first-order valence-electron chi connectivity index (χ1n) is 11.0. The number of nitrogens with one attached hydrogen (secondary N) is 1. The van der Waals surface area contributed by atoms with E-state index < -0.39 is 16.7 Å². The Kier molecular flexibility index (Phi) is 6.47. The number of non-ortho nitro benzene ring substituents is 1. The first-order chi connectivity index (χ1) is 17.0. The van der Waals surface area contributed by atoms with E-state index in [0.717, 1.165) is 22.5 Å². The molecule has 184 valence electrons. The number of carbonyl (C=O) groups excluding carboxylic acids is 2. The summed E-state index contributed by atoms with van der Waals surface area (Å²) in [6.45, 7) is 7.52. The van der Waals surface area contributed by atoms with Crippen LogP contribution in [-0.2, 0) is 9.59 Å². The minimum atomic E-state index is -0.580. The van der Waals surface area contributed by atoms with Gasteiger partial charge in [0.05, 0.1) is 29.5 Å². The molecular formula is C26H24N4O5S. The van der Waals surface area contributed by atoms with Crippen molar-refractivity contribution in [3.63, 3.8) is 0 Å². The Balaban J connectivity index is 1.79. The number of nitro benzene ring substituents is 1.